The zero-order valence-electron chi connectivity index (χ0n) is 31.2. The third kappa shape index (κ3) is 5.07. The third-order valence-corrected chi connectivity index (χ3v) is 11.4. The van der Waals surface area contributed by atoms with Gasteiger partial charge in [0.25, 0.3) is 0 Å². The Morgan fingerprint density at radius 2 is 1.09 bits per heavy atom. The van der Waals surface area contributed by atoms with E-state index in [0.29, 0.717) is 5.89 Å². The summed E-state index contributed by atoms with van der Waals surface area (Å²) in [5.41, 5.74) is 13.1. The number of furan rings is 1. The lowest BCUT2D eigenvalue weighted by molar-refractivity contribution is 0.620. The minimum atomic E-state index is 0.620. The maximum atomic E-state index is 6.31. The molecule has 9 aromatic carbocycles. The van der Waals surface area contributed by atoms with E-state index < -0.39 is 0 Å². The SMILES string of the molecule is c1ccc(-c2nc3c(ccc4cccc(-c5ccc(N(c6ccc7oc8ccccc8c7c6)c6ccc7c8ccccc8n(-c8ccccc8)c7c6)cc5)c43)o2)cc1. The molecule has 0 unspecified atom stereocenters. The lowest BCUT2D eigenvalue weighted by Gasteiger charge is -2.26. The number of nitrogens with zero attached hydrogens (tertiary/aromatic N) is 3. The number of anilines is 3. The number of para-hydroxylation sites is 3. The van der Waals surface area contributed by atoms with Crippen LogP contribution in [0.3, 0.4) is 0 Å². The van der Waals surface area contributed by atoms with Crippen molar-refractivity contribution in [3.05, 3.63) is 200 Å². The number of hydrogen-bond donors (Lipinski definition) is 0. The summed E-state index contributed by atoms with van der Waals surface area (Å²) in [5.74, 6) is 0.620. The molecule has 0 fully saturated rings. The quantitative estimate of drug-likeness (QED) is 0.170. The van der Waals surface area contributed by atoms with Gasteiger partial charge in [-0.3, -0.25) is 0 Å². The number of hydrogen-bond acceptors (Lipinski definition) is 4. The first-order valence-corrected chi connectivity index (χ1v) is 19.5. The van der Waals surface area contributed by atoms with Crippen molar-refractivity contribution in [3.8, 4) is 28.3 Å². The highest BCUT2D eigenvalue weighted by Gasteiger charge is 2.20. The fraction of sp³-hybridized carbons (Fsp3) is 0. The van der Waals surface area contributed by atoms with Gasteiger partial charge < -0.3 is 18.3 Å². The van der Waals surface area contributed by atoms with Gasteiger partial charge in [-0.05, 0) is 101 Å². The van der Waals surface area contributed by atoms with E-state index in [2.05, 4.69) is 161 Å². The maximum absolute atomic E-state index is 6.31. The van der Waals surface area contributed by atoms with Crippen molar-refractivity contribution in [2.75, 3.05) is 4.90 Å². The Balaban J connectivity index is 1.04. The van der Waals surface area contributed by atoms with Crippen molar-refractivity contribution in [2.24, 2.45) is 0 Å². The molecule has 58 heavy (non-hydrogen) atoms. The summed E-state index contributed by atoms with van der Waals surface area (Å²) in [7, 11) is 0. The smallest absolute Gasteiger partial charge is 0.227 e. The average molecular weight is 744 g/mol. The number of benzene rings is 9. The van der Waals surface area contributed by atoms with E-state index in [9.17, 15) is 0 Å². The van der Waals surface area contributed by atoms with Crippen LogP contribution in [0.25, 0.3) is 93.9 Å². The number of rotatable bonds is 6. The van der Waals surface area contributed by atoms with Crippen molar-refractivity contribution in [1.29, 1.82) is 0 Å². The molecule has 0 aliphatic heterocycles. The van der Waals surface area contributed by atoms with Crippen LogP contribution in [-0.4, -0.2) is 9.55 Å². The van der Waals surface area contributed by atoms with E-state index in [4.69, 9.17) is 13.8 Å². The molecule has 0 saturated heterocycles. The molecule has 0 N–H and O–H groups in total. The lowest BCUT2D eigenvalue weighted by atomic mass is 9.97. The predicted octanol–water partition coefficient (Wildman–Crippen LogP) is 14.8. The second-order valence-electron chi connectivity index (χ2n) is 14.8. The van der Waals surface area contributed by atoms with Crippen LogP contribution in [0.1, 0.15) is 0 Å². The van der Waals surface area contributed by atoms with Crippen molar-refractivity contribution in [1.82, 2.24) is 9.55 Å². The van der Waals surface area contributed by atoms with E-state index in [1.807, 2.05) is 48.5 Å². The third-order valence-electron chi connectivity index (χ3n) is 11.4. The van der Waals surface area contributed by atoms with Gasteiger partial charge in [0.2, 0.25) is 5.89 Å². The maximum Gasteiger partial charge on any atom is 0.227 e. The lowest BCUT2D eigenvalue weighted by Crippen LogP contribution is -2.10. The number of fused-ring (bicyclic) bond motifs is 9. The first kappa shape index (κ1) is 32.4. The summed E-state index contributed by atoms with van der Waals surface area (Å²) in [6.45, 7) is 0. The summed E-state index contributed by atoms with van der Waals surface area (Å²) in [5, 5.41) is 6.80. The predicted molar refractivity (Wildman–Crippen MR) is 239 cm³/mol. The largest absolute Gasteiger partial charge is 0.456 e. The molecule has 5 heteroatoms. The van der Waals surface area contributed by atoms with Crippen molar-refractivity contribution >= 4 is 82.7 Å². The van der Waals surface area contributed by atoms with E-state index in [0.717, 1.165) is 88.8 Å². The van der Waals surface area contributed by atoms with Crippen molar-refractivity contribution in [3.63, 3.8) is 0 Å². The molecule has 0 atom stereocenters. The van der Waals surface area contributed by atoms with E-state index in [-0.39, 0.29) is 0 Å². The van der Waals surface area contributed by atoms with Gasteiger partial charge in [-0.2, -0.15) is 0 Å². The Morgan fingerprint density at radius 1 is 0.414 bits per heavy atom. The molecule has 3 heterocycles. The van der Waals surface area contributed by atoms with Crippen LogP contribution in [-0.2, 0) is 0 Å². The molecular weight excluding hydrogens is 711 g/mol. The zero-order valence-corrected chi connectivity index (χ0v) is 31.2. The van der Waals surface area contributed by atoms with Crippen LogP contribution in [0.15, 0.2) is 209 Å². The summed E-state index contributed by atoms with van der Waals surface area (Å²) in [6, 6.07) is 70.4. The first-order chi connectivity index (χ1) is 28.7. The zero-order chi connectivity index (χ0) is 38.2. The molecule has 272 valence electrons. The molecule has 12 aromatic rings. The number of oxazole rings is 1. The number of aromatic nitrogens is 2. The minimum Gasteiger partial charge on any atom is -0.456 e. The Hall–Kier alpha value is -7.89. The van der Waals surface area contributed by atoms with Gasteiger partial charge in [0.15, 0.2) is 5.58 Å². The van der Waals surface area contributed by atoms with Crippen LogP contribution < -0.4 is 4.90 Å². The first-order valence-electron chi connectivity index (χ1n) is 19.5. The minimum absolute atomic E-state index is 0.620. The molecule has 0 aliphatic carbocycles. The standard InChI is InChI=1S/C53H33N3O2/c1-3-12-36(13-4-1)53-54-52-50(58-53)30-24-35-14-11-19-41(51(35)52)34-22-25-38(26-23-34)55(39-28-31-49-45(32-39)44-18-8-10-21-48(44)57-49)40-27-29-43-42-17-7-9-20-46(42)56(47(43)33-40)37-15-5-2-6-16-37/h1-33H. The average Bonchev–Trinajstić information content (AvgIpc) is 3.99. The summed E-state index contributed by atoms with van der Waals surface area (Å²) < 4.78 is 15.0. The monoisotopic (exact) mass is 743 g/mol. The molecule has 0 amide bonds. The normalized spacial score (nSPS) is 11.8. The molecule has 0 aliphatic rings. The molecule has 3 aromatic heterocycles. The molecule has 0 spiro atoms. The van der Waals surface area contributed by atoms with Gasteiger partial charge in [-0.1, -0.05) is 115 Å². The molecule has 12 rings (SSSR count). The van der Waals surface area contributed by atoms with Crippen molar-refractivity contribution in [2.45, 2.75) is 0 Å². The Labute approximate surface area is 333 Å². The summed E-state index contributed by atoms with van der Waals surface area (Å²) in [4.78, 5) is 7.40. The fourth-order valence-corrected chi connectivity index (χ4v) is 8.75. The van der Waals surface area contributed by atoms with Gasteiger partial charge in [-0.15, -0.1) is 0 Å². The van der Waals surface area contributed by atoms with E-state index in [1.165, 1.54) is 16.3 Å². The van der Waals surface area contributed by atoms with Crippen molar-refractivity contribution < 1.29 is 8.83 Å². The molecular formula is C53H33N3O2. The van der Waals surface area contributed by atoms with Gasteiger partial charge in [-0.25, -0.2) is 4.98 Å². The fourth-order valence-electron chi connectivity index (χ4n) is 8.75. The highest BCUT2D eigenvalue weighted by molar-refractivity contribution is 6.13. The van der Waals surface area contributed by atoms with Gasteiger partial charge >= 0.3 is 0 Å². The second-order valence-corrected chi connectivity index (χ2v) is 14.8. The van der Waals surface area contributed by atoms with E-state index in [1.54, 1.807) is 0 Å². The second kappa shape index (κ2) is 12.8. The van der Waals surface area contributed by atoms with Crippen LogP contribution in [0.2, 0.25) is 0 Å². The molecule has 0 saturated carbocycles. The van der Waals surface area contributed by atoms with Crippen LogP contribution in [0.4, 0.5) is 17.1 Å². The highest BCUT2D eigenvalue weighted by Crippen LogP contribution is 2.43. The van der Waals surface area contributed by atoms with Crippen LogP contribution in [0, 0.1) is 0 Å². The summed E-state index contributed by atoms with van der Waals surface area (Å²) in [6.07, 6.45) is 0. The Kier molecular flexibility index (Phi) is 7.16. The molecule has 5 nitrogen and oxygen atoms in total. The Bertz CT molecular complexity index is 3510. The van der Waals surface area contributed by atoms with Crippen LogP contribution >= 0.6 is 0 Å². The topological polar surface area (TPSA) is 47.3 Å². The highest BCUT2D eigenvalue weighted by atomic mass is 16.3. The van der Waals surface area contributed by atoms with E-state index >= 15 is 0 Å². The van der Waals surface area contributed by atoms with Crippen LogP contribution in [0.5, 0.6) is 0 Å². The molecule has 0 radical (unpaired) electrons. The van der Waals surface area contributed by atoms with Gasteiger partial charge in [0, 0.05) is 55.2 Å². The summed E-state index contributed by atoms with van der Waals surface area (Å²) >= 11 is 0. The van der Waals surface area contributed by atoms with Gasteiger partial charge in [0.1, 0.15) is 16.7 Å². The Morgan fingerprint density at radius 3 is 1.95 bits per heavy atom. The van der Waals surface area contributed by atoms with Gasteiger partial charge in [0.05, 0.1) is 11.0 Å². The molecule has 0 bridgehead atoms.